The molecule has 2 heteroatoms. The molecule has 2 heterocycles. The molecule has 0 atom stereocenters. The summed E-state index contributed by atoms with van der Waals surface area (Å²) in [5.41, 5.74) is 13.4. The van der Waals surface area contributed by atoms with Crippen molar-refractivity contribution >= 4 is 38.5 Å². The molecule has 2 saturated heterocycles. The molecule has 2 nitrogen and oxygen atoms in total. The summed E-state index contributed by atoms with van der Waals surface area (Å²) in [4.78, 5) is 5.24. The Labute approximate surface area is 297 Å². The van der Waals surface area contributed by atoms with Crippen LogP contribution in [0.15, 0.2) is 133 Å². The third-order valence-corrected chi connectivity index (χ3v) is 11.4. The number of anilines is 2. The monoisotopic (exact) mass is 650 g/mol. The molecule has 0 saturated carbocycles. The molecule has 0 spiro atoms. The van der Waals surface area contributed by atoms with Gasteiger partial charge in [-0.05, 0) is 142 Å². The molecule has 0 amide bonds. The van der Waals surface area contributed by atoms with Crippen LogP contribution in [0.2, 0.25) is 0 Å². The van der Waals surface area contributed by atoms with Crippen LogP contribution < -0.4 is 9.80 Å². The first-order valence-electron chi connectivity index (χ1n) is 19.0. The zero-order chi connectivity index (χ0) is 33.3. The molecule has 6 aromatic carbocycles. The van der Waals surface area contributed by atoms with E-state index in [0.29, 0.717) is 0 Å². The number of fused-ring (bicyclic) bond motifs is 2. The Balaban J connectivity index is 1.40. The van der Waals surface area contributed by atoms with Crippen LogP contribution in [-0.4, -0.2) is 26.2 Å². The fourth-order valence-corrected chi connectivity index (χ4v) is 8.86. The molecule has 0 aromatic heterocycles. The minimum absolute atomic E-state index is 1.07. The van der Waals surface area contributed by atoms with E-state index in [1.165, 1.54) is 116 Å². The van der Waals surface area contributed by atoms with Crippen LogP contribution in [0.5, 0.6) is 0 Å². The van der Waals surface area contributed by atoms with Gasteiger partial charge in [0.2, 0.25) is 0 Å². The van der Waals surface area contributed by atoms with Crippen molar-refractivity contribution in [2.24, 2.45) is 0 Å². The smallest absolute Gasteiger partial charge is 0.0372 e. The van der Waals surface area contributed by atoms with Crippen molar-refractivity contribution in [3.8, 4) is 33.4 Å². The largest absolute Gasteiger partial charge is 0.372 e. The predicted molar refractivity (Wildman–Crippen MR) is 216 cm³/mol. The molecule has 0 bridgehead atoms. The van der Waals surface area contributed by atoms with Gasteiger partial charge < -0.3 is 9.80 Å². The first-order valence-corrected chi connectivity index (χ1v) is 19.0. The van der Waals surface area contributed by atoms with Crippen molar-refractivity contribution in [3.05, 3.63) is 139 Å². The van der Waals surface area contributed by atoms with E-state index >= 15 is 0 Å². The fraction of sp³-hybridized carbons (Fsp3) is 0.250. The van der Waals surface area contributed by atoms with Crippen molar-refractivity contribution in [1.82, 2.24) is 0 Å². The van der Waals surface area contributed by atoms with Crippen molar-refractivity contribution < 1.29 is 0 Å². The molecule has 0 radical (unpaired) electrons. The Hall–Kier alpha value is -5.08. The van der Waals surface area contributed by atoms with E-state index in [0.717, 1.165) is 39.0 Å². The highest BCUT2D eigenvalue weighted by molar-refractivity contribution is 6.24. The first-order chi connectivity index (χ1) is 24.8. The quantitative estimate of drug-likeness (QED) is 0.166. The van der Waals surface area contributed by atoms with Gasteiger partial charge >= 0.3 is 0 Å². The van der Waals surface area contributed by atoms with Gasteiger partial charge in [0.05, 0.1) is 0 Å². The summed E-state index contributed by atoms with van der Waals surface area (Å²) in [7, 11) is 0. The lowest BCUT2D eigenvalue weighted by Crippen LogP contribution is -2.29. The highest BCUT2D eigenvalue weighted by atomic mass is 15.1. The summed E-state index contributed by atoms with van der Waals surface area (Å²) in [5.74, 6) is 0. The second-order valence-corrected chi connectivity index (χ2v) is 14.4. The van der Waals surface area contributed by atoms with Crippen LogP contribution in [-0.2, 0) is 0 Å². The Bertz CT molecular complexity index is 2230. The number of allylic oxidation sites excluding steroid dienone is 4. The average molecular weight is 651 g/mol. The van der Waals surface area contributed by atoms with Gasteiger partial charge in [-0.2, -0.15) is 0 Å². The molecule has 9 rings (SSSR count). The third kappa shape index (κ3) is 5.71. The molecule has 2 fully saturated rings. The van der Waals surface area contributed by atoms with E-state index in [-0.39, 0.29) is 0 Å². The van der Waals surface area contributed by atoms with Crippen molar-refractivity contribution in [3.63, 3.8) is 0 Å². The number of piperidine rings is 2. The van der Waals surface area contributed by atoms with Crippen LogP contribution >= 0.6 is 0 Å². The summed E-state index contributed by atoms with van der Waals surface area (Å²) < 4.78 is 0. The summed E-state index contributed by atoms with van der Waals surface area (Å²) in [5, 5.41) is 5.37. The molecule has 50 heavy (non-hydrogen) atoms. The standard InChI is InChI=1S/C48H46N2/c1-5-17-35(18-6-1)39-21-9-11-23-41(39)47-43-27-25-38(50-31-15-4-16-32-50)34-46(43)48(42-24-12-10-22-40(42)36-19-7-2-8-20-36)44-28-26-37(33-45(44)47)49-29-13-3-14-30-49/h1-2,5-7,9-12,17-19,21-28,33-34H,3-4,8,13-16,20,29-32H2. The Morgan fingerprint density at radius 1 is 0.420 bits per heavy atom. The van der Waals surface area contributed by atoms with Gasteiger partial charge in [-0.15, -0.1) is 0 Å². The van der Waals surface area contributed by atoms with Crippen LogP contribution in [0.1, 0.15) is 56.9 Å². The van der Waals surface area contributed by atoms with Crippen LogP contribution in [0.25, 0.3) is 60.5 Å². The van der Waals surface area contributed by atoms with Crippen molar-refractivity contribution in [1.29, 1.82) is 0 Å². The van der Waals surface area contributed by atoms with E-state index < -0.39 is 0 Å². The normalized spacial score (nSPS) is 16.6. The lowest BCUT2D eigenvalue weighted by Gasteiger charge is -2.31. The summed E-state index contributed by atoms with van der Waals surface area (Å²) in [6, 6.07) is 44.1. The van der Waals surface area contributed by atoms with E-state index in [1.807, 2.05) is 0 Å². The van der Waals surface area contributed by atoms with Crippen molar-refractivity contribution in [2.75, 3.05) is 36.0 Å². The van der Waals surface area contributed by atoms with Gasteiger partial charge in [-0.3, -0.25) is 0 Å². The lowest BCUT2D eigenvalue weighted by atomic mass is 9.81. The zero-order valence-corrected chi connectivity index (χ0v) is 29.1. The van der Waals surface area contributed by atoms with Crippen LogP contribution in [0.4, 0.5) is 11.4 Å². The van der Waals surface area contributed by atoms with Gasteiger partial charge in [-0.1, -0.05) is 109 Å². The second-order valence-electron chi connectivity index (χ2n) is 14.4. The highest BCUT2D eigenvalue weighted by Crippen LogP contribution is 2.49. The van der Waals surface area contributed by atoms with Gasteiger partial charge in [0.25, 0.3) is 0 Å². The minimum atomic E-state index is 1.07. The fourth-order valence-electron chi connectivity index (χ4n) is 8.86. The topological polar surface area (TPSA) is 6.48 Å². The first kappa shape index (κ1) is 30.9. The van der Waals surface area contributed by atoms with Crippen molar-refractivity contribution in [2.45, 2.75) is 51.4 Å². The molecule has 0 unspecified atom stereocenters. The van der Waals surface area contributed by atoms with Gasteiger partial charge in [0.1, 0.15) is 0 Å². The molecule has 1 aliphatic carbocycles. The van der Waals surface area contributed by atoms with E-state index in [1.54, 1.807) is 0 Å². The number of hydrogen-bond acceptors (Lipinski definition) is 2. The van der Waals surface area contributed by atoms with Gasteiger partial charge in [0, 0.05) is 37.6 Å². The van der Waals surface area contributed by atoms with E-state index in [9.17, 15) is 0 Å². The molecule has 3 aliphatic rings. The minimum Gasteiger partial charge on any atom is -0.372 e. The maximum absolute atomic E-state index is 2.62. The Morgan fingerprint density at radius 3 is 1.46 bits per heavy atom. The van der Waals surface area contributed by atoms with E-state index in [4.69, 9.17) is 0 Å². The Kier molecular flexibility index (Phi) is 8.46. The second kappa shape index (κ2) is 13.7. The Morgan fingerprint density at radius 2 is 0.920 bits per heavy atom. The number of hydrogen-bond donors (Lipinski definition) is 0. The number of nitrogens with zero attached hydrogens (tertiary/aromatic N) is 2. The predicted octanol–water partition coefficient (Wildman–Crippen LogP) is 12.7. The number of rotatable bonds is 6. The SMILES string of the molecule is C1=CCCC(c2ccccc2-c2c3cc(N4CCCCC4)ccc3c(-c3ccccc3-c3ccccc3)c3cc(N4CCCCC4)ccc23)=C1. The maximum atomic E-state index is 2.62. The molecule has 0 N–H and O–H groups in total. The molecular formula is C48H46N2. The van der Waals surface area contributed by atoms with Gasteiger partial charge in [0.15, 0.2) is 0 Å². The zero-order valence-electron chi connectivity index (χ0n) is 29.1. The lowest BCUT2D eigenvalue weighted by molar-refractivity contribution is 0.578. The van der Waals surface area contributed by atoms with E-state index in [2.05, 4.69) is 143 Å². The summed E-state index contributed by atoms with van der Waals surface area (Å²) in [6.07, 6.45) is 16.8. The molecule has 6 aromatic rings. The third-order valence-electron chi connectivity index (χ3n) is 11.4. The van der Waals surface area contributed by atoms with Crippen LogP contribution in [0.3, 0.4) is 0 Å². The maximum Gasteiger partial charge on any atom is 0.0372 e. The summed E-state index contributed by atoms with van der Waals surface area (Å²) >= 11 is 0. The average Bonchev–Trinajstić information content (AvgIpc) is 3.21. The molecule has 248 valence electrons. The van der Waals surface area contributed by atoms with Gasteiger partial charge in [-0.25, -0.2) is 0 Å². The molecular weight excluding hydrogens is 605 g/mol. The molecule has 2 aliphatic heterocycles. The number of benzene rings is 6. The highest BCUT2D eigenvalue weighted by Gasteiger charge is 2.24. The summed E-state index contributed by atoms with van der Waals surface area (Å²) in [6.45, 7) is 4.53. The van der Waals surface area contributed by atoms with Crippen LogP contribution in [0, 0.1) is 0 Å².